The first kappa shape index (κ1) is 9.32. The van der Waals surface area contributed by atoms with Gasteiger partial charge < -0.3 is 4.42 Å². The van der Waals surface area contributed by atoms with Gasteiger partial charge in [-0.25, -0.2) is 0 Å². The van der Waals surface area contributed by atoms with E-state index in [-0.39, 0.29) is 0 Å². The third kappa shape index (κ3) is 2.16. The maximum Gasteiger partial charge on any atom is 0.104 e. The molecule has 0 saturated carbocycles. The minimum absolute atomic E-state index is 1.01. The Hall–Kier alpha value is -1.24. The van der Waals surface area contributed by atoms with Crippen LogP contribution in [0.15, 0.2) is 39.8 Å². The Bertz CT molecular complexity index is 380. The first-order chi connectivity index (χ1) is 6.74. The van der Waals surface area contributed by atoms with Gasteiger partial charge in [0.05, 0.1) is 0 Å². The molecule has 1 heterocycles. The van der Waals surface area contributed by atoms with Crippen molar-refractivity contribution in [3.8, 4) is 0 Å². The Kier molecular flexibility index (Phi) is 2.58. The van der Waals surface area contributed by atoms with E-state index in [1.807, 2.05) is 13.0 Å². The van der Waals surface area contributed by atoms with Gasteiger partial charge in [-0.05, 0) is 38.8 Å². The molecule has 14 heavy (non-hydrogen) atoms. The van der Waals surface area contributed by atoms with Crippen LogP contribution in [0.25, 0.3) is 0 Å². The predicted molar refractivity (Wildman–Crippen MR) is 58.2 cm³/mol. The highest BCUT2D eigenvalue weighted by atomic mass is 16.3. The normalized spacial score (nSPS) is 15.6. The van der Waals surface area contributed by atoms with E-state index in [1.54, 1.807) is 0 Å². The minimum atomic E-state index is 1.01. The van der Waals surface area contributed by atoms with Gasteiger partial charge in [-0.1, -0.05) is 23.3 Å². The Balaban J connectivity index is 1.84. The first-order valence-corrected chi connectivity index (χ1v) is 5.14. The molecular formula is C13H16O. The van der Waals surface area contributed by atoms with Crippen LogP contribution in [0, 0.1) is 6.92 Å². The molecule has 0 bridgehead atoms. The van der Waals surface area contributed by atoms with Crippen molar-refractivity contribution >= 4 is 0 Å². The van der Waals surface area contributed by atoms with Gasteiger partial charge in [0.1, 0.15) is 11.5 Å². The summed E-state index contributed by atoms with van der Waals surface area (Å²) in [6, 6.07) is 4.10. The molecule has 74 valence electrons. The van der Waals surface area contributed by atoms with Gasteiger partial charge in [0.15, 0.2) is 0 Å². The van der Waals surface area contributed by atoms with Gasteiger partial charge in [-0.2, -0.15) is 0 Å². The number of rotatable bonds is 3. The molecule has 0 fully saturated rings. The highest BCUT2D eigenvalue weighted by Gasteiger charge is 2.06. The molecule has 2 rings (SSSR count). The lowest BCUT2D eigenvalue weighted by atomic mass is 10.1. The van der Waals surface area contributed by atoms with Crippen LogP contribution in [0.4, 0.5) is 0 Å². The van der Waals surface area contributed by atoms with E-state index >= 15 is 0 Å². The average molecular weight is 188 g/mol. The quantitative estimate of drug-likeness (QED) is 0.703. The summed E-state index contributed by atoms with van der Waals surface area (Å²) in [5.74, 6) is 2.11. The van der Waals surface area contributed by atoms with Crippen molar-refractivity contribution in [3.63, 3.8) is 0 Å². The standard InChI is InChI=1S/C13H16O/c1-10-3-5-12(9-10)6-8-13-7-4-11(2)14-13/h3-5,7H,6,8-9H2,1-2H3. The van der Waals surface area contributed by atoms with Crippen LogP contribution in [0.2, 0.25) is 0 Å². The van der Waals surface area contributed by atoms with Crippen molar-refractivity contribution < 1.29 is 4.42 Å². The molecule has 1 nitrogen and oxygen atoms in total. The molecule has 0 aliphatic heterocycles. The summed E-state index contributed by atoms with van der Waals surface area (Å²) in [4.78, 5) is 0. The van der Waals surface area contributed by atoms with Crippen molar-refractivity contribution in [2.75, 3.05) is 0 Å². The smallest absolute Gasteiger partial charge is 0.104 e. The molecule has 0 N–H and O–H groups in total. The fraction of sp³-hybridized carbons (Fsp3) is 0.385. The van der Waals surface area contributed by atoms with Crippen LogP contribution in [0.5, 0.6) is 0 Å². The Labute approximate surface area is 85.1 Å². The zero-order chi connectivity index (χ0) is 9.97. The highest BCUT2D eigenvalue weighted by molar-refractivity contribution is 5.29. The van der Waals surface area contributed by atoms with Gasteiger partial charge >= 0.3 is 0 Å². The second kappa shape index (κ2) is 3.87. The second-order valence-corrected chi connectivity index (χ2v) is 4.03. The van der Waals surface area contributed by atoms with Crippen LogP contribution in [0.1, 0.15) is 31.3 Å². The van der Waals surface area contributed by atoms with Crippen molar-refractivity contribution in [2.45, 2.75) is 33.1 Å². The number of hydrogen-bond donors (Lipinski definition) is 0. The largest absolute Gasteiger partial charge is 0.466 e. The van der Waals surface area contributed by atoms with E-state index in [1.165, 1.54) is 11.1 Å². The first-order valence-electron chi connectivity index (χ1n) is 5.14. The Morgan fingerprint density at radius 3 is 2.57 bits per heavy atom. The maximum absolute atomic E-state index is 5.53. The van der Waals surface area contributed by atoms with E-state index < -0.39 is 0 Å². The Morgan fingerprint density at radius 1 is 1.14 bits per heavy atom. The van der Waals surface area contributed by atoms with Crippen LogP contribution in [-0.2, 0) is 6.42 Å². The van der Waals surface area contributed by atoms with E-state index in [0.717, 1.165) is 30.8 Å². The predicted octanol–water partition coefficient (Wildman–Crippen LogP) is 3.80. The van der Waals surface area contributed by atoms with Crippen molar-refractivity contribution in [3.05, 3.63) is 47.0 Å². The van der Waals surface area contributed by atoms with Gasteiger partial charge in [0, 0.05) is 6.42 Å². The molecule has 1 aliphatic rings. The average Bonchev–Trinajstić information content (AvgIpc) is 2.72. The number of furan rings is 1. The van der Waals surface area contributed by atoms with E-state index in [4.69, 9.17) is 4.42 Å². The molecule has 0 aromatic carbocycles. The molecule has 0 amide bonds. The molecule has 1 aromatic heterocycles. The summed E-state index contributed by atoms with van der Waals surface area (Å²) in [6.07, 6.45) is 7.76. The van der Waals surface area contributed by atoms with Crippen molar-refractivity contribution in [2.24, 2.45) is 0 Å². The Morgan fingerprint density at radius 2 is 2.00 bits per heavy atom. The van der Waals surface area contributed by atoms with Gasteiger partial charge in [0.2, 0.25) is 0 Å². The maximum atomic E-state index is 5.53. The molecule has 0 saturated heterocycles. The van der Waals surface area contributed by atoms with Crippen LogP contribution >= 0.6 is 0 Å². The van der Waals surface area contributed by atoms with Crippen molar-refractivity contribution in [1.29, 1.82) is 0 Å². The molecule has 0 spiro atoms. The lowest BCUT2D eigenvalue weighted by Gasteiger charge is -2.00. The van der Waals surface area contributed by atoms with Gasteiger partial charge in [-0.3, -0.25) is 0 Å². The summed E-state index contributed by atoms with van der Waals surface area (Å²) in [5.41, 5.74) is 2.99. The summed E-state index contributed by atoms with van der Waals surface area (Å²) in [7, 11) is 0. The highest BCUT2D eigenvalue weighted by Crippen LogP contribution is 2.22. The molecule has 1 aromatic rings. The van der Waals surface area contributed by atoms with Crippen molar-refractivity contribution in [1.82, 2.24) is 0 Å². The van der Waals surface area contributed by atoms with Crippen LogP contribution < -0.4 is 0 Å². The van der Waals surface area contributed by atoms with Gasteiger partial charge in [0.25, 0.3) is 0 Å². The molecule has 1 aliphatic carbocycles. The number of allylic oxidation sites excluding steroid dienone is 4. The number of hydrogen-bond acceptors (Lipinski definition) is 1. The second-order valence-electron chi connectivity index (χ2n) is 4.03. The zero-order valence-corrected chi connectivity index (χ0v) is 8.84. The lowest BCUT2D eigenvalue weighted by molar-refractivity contribution is 0.482. The molecule has 0 radical (unpaired) electrons. The molecule has 0 atom stereocenters. The SMILES string of the molecule is CC1=CC=C(CCc2ccc(C)o2)C1. The van der Waals surface area contributed by atoms with Gasteiger partial charge in [-0.15, -0.1) is 0 Å². The monoisotopic (exact) mass is 188 g/mol. The van der Waals surface area contributed by atoms with Crippen LogP contribution in [-0.4, -0.2) is 0 Å². The summed E-state index contributed by atoms with van der Waals surface area (Å²) in [5, 5.41) is 0. The molecular weight excluding hydrogens is 172 g/mol. The fourth-order valence-corrected chi connectivity index (χ4v) is 1.81. The number of aryl methyl sites for hydroxylation is 2. The van der Waals surface area contributed by atoms with E-state index in [0.29, 0.717) is 0 Å². The zero-order valence-electron chi connectivity index (χ0n) is 8.84. The lowest BCUT2D eigenvalue weighted by Crippen LogP contribution is -1.85. The third-order valence-electron chi connectivity index (χ3n) is 2.60. The molecule has 0 unspecified atom stereocenters. The summed E-state index contributed by atoms with van der Waals surface area (Å²) >= 11 is 0. The summed E-state index contributed by atoms with van der Waals surface area (Å²) < 4.78 is 5.53. The fourth-order valence-electron chi connectivity index (χ4n) is 1.81. The van der Waals surface area contributed by atoms with E-state index in [2.05, 4.69) is 25.1 Å². The topological polar surface area (TPSA) is 13.1 Å². The van der Waals surface area contributed by atoms with E-state index in [9.17, 15) is 0 Å². The third-order valence-corrected chi connectivity index (χ3v) is 2.60. The minimum Gasteiger partial charge on any atom is -0.466 e. The van der Waals surface area contributed by atoms with Crippen LogP contribution in [0.3, 0.4) is 0 Å². The molecule has 1 heteroatoms. The summed E-state index contributed by atoms with van der Waals surface area (Å²) in [6.45, 7) is 4.17.